The lowest BCUT2D eigenvalue weighted by atomic mass is 10.1. The molecule has 0 saturated carbocycles. The Hall–Kier alpha value is -1.94. The molecule has 152 valence electrons. The molecule has 1 fully saturated rings. The van der Waals surface area contributed by atoms with Gasteiger partial charge in [0.1, 0.15) is 0 Å². The first kappa shape index (κ1) is 20.8. The van der Waals surface area contributed by atoms with E-state index in [4.69, 9.17) is 0 Å². The second-order valence-corrected chi connectivity index (χ2v) is 10.5. The minimum Gasteiger partial charge on any atom is -0.351 e. The Morgan fingerprint density at radius 1 is 1.36 bits per heavy atom. The molecule has 0 bridgehead atoms. The molecule has 2 aromatic rings. The van der Waals surface area contributed by atoms with Gasteiger partial charge in [0, 0.05) is 6.04 Å². The lowest BCUT2D eigenvalue weighted by Crippen LogP contribution is -2.40. The van der Waals surface area contributed by atoms with E-state index >= 15 is 0 Å². The van der Waals surface area contributed by atoms with Gasteiger partial charge in [-0.1, -0.05) is 37.2 Å². The van der Waals surface area contributed by atoms with E-state index in [0.717, 1.165) is 24.9 Å². The molecule has 0 radical (unpaired) electrons. The number of sulfone groups is 1. The fourth-order valence-electron chi connectivity index (χ4n) is 3.04. The minimum atomic E-state index is -3.03. The summed E-state index contributed by atoms with van der Waals surface area (Å²) in [6, 6.07) is 7.77. The maximum atomic E-state index is 12.4. The van der Waals surface area contributed by atoms with Crippen molar-refractivity contribution in [1.82, 2.24) is 25.5 Å². The van der Waals surface area contributed by atoms with E-state index in [0.29, 0.717) is 11.6 Å². The second kappa shape index (κ2) is 9.04. The highest BCUT2D eigenvalue weighted by Crippen LogP contribution is 2.24. The van der Waals surface area contributed by atoms with Crippen LogP contribution in [0.1, 0.15) is 38.7 Å². The van der Waals surface area contributed by atoms with Gasteiger partial charge in [-0.2, -0.15) is 4.68 Å². The molecule has 3 rings (SSSR count). The van der Waals surface area contributed by atoms with Crippen LogP contribution in [0, 0.1) is 0 Å². The molecular formula is C18H25N5O3S2. The van der Waals surface area contributed by atoms with Gasteiger partial charge in [0.2, 0.25) is 11.1 Å². The third kappa shape index (κ3) is 5.32. The number of aryl methyl sites for hydroxylation is 1. The zero-order valence-corrected chi connectivity index (χ0v) is 17.7. The highest BCUT2D eigenvalue weighted by molar-refractivity contribution is 8.00. The largest absolute Gasteiger partial charge is 0.351 e. The van der Waals surface area contributed by atoms with Gasteiger partial charge in [0.15, 0.2) is 9.84 Å². The molecule has 2 heterocycles. The van der Waals surface area contributed by atoms with Crippen molar-refractivity contribution in [3.8, 4) is 5.69 Å². The first-order valence-electron chi connectivity index (χ1n) is 9.43. The first-order chi connectivity index (χ1) is 13.4. The van der Waals surface area contributed by atoms with Crippen molar-refractivity contribution in [1.29, 1.82) is 0 Å². The van der Waals surface area contributed by atoms with Gasteiger partial charge in [0.05, 0.1) is 22.4 Å². The Morgan fingerprint density at radius 3 is 2.75 bits per heavy atom. The van der Waals surface area contributed by atoms with Crippen molar-refractivity contribution in [2.75, 3.05) is 11.5 Å². The lowest BCUT2D eigenvalue weighted by molar-refractivity contribution is -0.120. The van der Waals surface area contributed by atoms with Crippen LogP contribution >= 0.6 is 11.8 Å². The Morgan fingerprint density at radius 2 is 2.11 bits per heavy atom. The third-order valence-corrected chi connectivity index (χ3v) is 7.47. The summed E-state index contributed by atoms with van der Waals surface area (Å²) < 4.78 is 24.7. The van der Waals surface area contributed by atoms with E-state index < -0.39 is 15.1 Å². The average molecular weight is 424 g/mol. The normalized spacial score (nSPS) is 19.4. The number of carbonyl (C=O) groups excluding carboxylic acids is 1. The number of rotatable bonds is 8. The van der Waals surface area contributed by atoms with Crippen molar-refractivity contribution in [3.05, 3.63) is 29.8 Å². The molecule has 1 aromatic heterocycles. The molecule has 10 heteroatoms. The molecule has 1 aliphatic rings. The summed E-state index contributed by atoms with van der Waals surface area (Å²) in [7, 11) is -3.03. The number of nitrogens with zero attached hydrogens (tertiary/aromatic N) is 4. The Kier molecular flexibility index (Phi) is 6.71. The molecule has 0 unspecified atom stereocenters. The van der Waals surface area contributed by atoms with Crippen molar-refractivity contribution in [2.24, 2.45) is 0 Å². The van der Waals surface area contributed by atoms with Crippen molar-refractivity contribution >= 4 is 27.5 Å². The molecule has 1 amide bonds. The van der Waals surface area contributed by atoms with Crippen LogP contribution in [0.15, 0.2) is 29.4 Å². The second-order valence-electron chi connectivity index (χ2n) is 7.01. The van der Waals surface area contributed by atoms with E-state index in [1.807, 2.05) is 12.1 Å². The summed E-state index contributed by atoms with van der Waals surface area (Å²) in [5.74, 6) is -0.0684. The van der Waals surface area contributed by atoms with Crippen molar-refractivity contribution < 1.29 is 13.2 Å². The van der Waals surface area contributed by atoms with Gasteiger partial charge in [0.25, 0.3) is 0 Å². The molecule has 1 saturated heterocycles. The van der Waals surface area contributed by atoms with Gasteiger partial charge >= 0.3 is 0 Å². The van der Waals surface area contributed by atoms with Crippen molar-refractivity contribution in [3.63, 3.8) is 0 Å². The third-order valence-electron chi connectivity index (χ3n) is 4.67. The number of hydrogen-bond donors (Lipinski definition) is 1. The number of amides is 1. The molecule has 28 heavy (non-hydrogen) atoms. The number of nitrogens with one attached hydrogen (secondary N) is 1. The summed E-state index contributed by atoms with van der Waals surface area (Å²) in [6.45, 7) is 3.93. The van der Waals surface area contributed by atoms with Gasteiger partial charge in [-0.15, -0.1) is 5.10 Å². The molecule has 1 N–H and O–H groups in total. The molecule has 2 atom stereocenters. The maximum absolute atomic E-state index is 12.4. The average Bonchev–Trinajstić information content (AvgIpc) is 3.26. The monoisotopic (exact) mass is 423 g/mol. The van der Waals surface area contributed by atoms with Crippen LogP contribution in [0.25, 0.3) is 5.69 Å². The van der Waals surface area contributed by atoms with Crippen LogP contribution in [-0.2, 0) is 21.1 Å². The zero-order chi connectivity index (χ0) is 20.1. The van der Waals surface area contributed by atoms with Crippen LogP contribution in [0.2, 0.25) is 0 Å². The number of thioether (sulfide) groups is 1. The molecule has 1 aliphatic heterocycles. The highest BCUT2D eigenvalue weighted by atomic mass is 32.2. The van der Waals surface area contributed by atoms with Crippen LogP contribution in [0.5, 0.6) is 0 Å². The predicted octanol–water partition coefficient (Wildman–Crippen LogP) is 1.79. The number of hydrogen-bond acceptors (Lipinski definition) is 7. The maximum Gasteiger partial charge on any atom is 0.233 e. The summed E-state index contributed by atoms with van der Waals surface area (Å²) in [6.07, 6.45) is 3.82. The Bertz CT molecular complexity index is 912. The molecular weight excluding hydrogens is 398 g/mol. The SMILES string of the molecule is CCCCc1ccc(-n2nnnc2S[C@H](C)C(=O)N[C@@H]2CCS(=O)(=O)C2)cc1. The summed E-state index contributed by atoms with van der Waals surface area (Å²) in [4.78, 5) is 12.4. The molecule has 1 aromatic carbocycles. The summed E-state index contributed by atoms with van der Waals surface area (Å²) in [5.41, 5.74) is 2.11. The van der Waals surface area contributed by atoms with Gasteiger partial charge < -0.3 is 5.32 Å². The number of unbranched alkanes of at least 4 members (excludes halogenated alkanes) is 1. The van der Waals surface area contributed by atoms with Crippen LogP contribution < -0.4 is 5.32 Å². The quantitative estimate of drug-likeness (QED) is 0.645. The highest BCUT2D eigenvalue weighted by Gasteiger charge is 2.30. The number of benzene rings is 1. The van der Waals surface area contributed by atoms with E-state index in [-0.39, 0.29) is 23.5 Å². The number of carbonyl (C=O) groups is 1. The van der Waals surface area contributed by atoms with Gasteiger partial charge in [-0.05, 0) is 54.3 Å². The lowest BCUT2D eigenvalue weighted by Gasteiger charge is -2.15. The number of aromatic nitrogens is 4. The van der Waals surface area contributed by atoms with E-state index in [9.17, 15) is 13.2 Å². The van der Waals surface area contributed by atoms with Crippen LogP contribution in [0.3, 0.4) is 0 Å². The van der Waals surface area contributed by atoms with Gasteiger partial charge in [-0.25, -0.2) is 8.42 Å². The molecule has 0 spiro atoms. The fraction of sp³-hybridized carbons (Fsp3) is 0.556. The smallest absolute Gasteiger partial charge is 0.233 e. The fourth-order valence-corrected chi connectivity index (χ4v) is 5.53. The number of tetrazole rings is 1. The summed E-state index contributed by atoms with van der Waals surface area (Å²) in [5, 5.41) is 14.7. The minimum absolute atomic E-state index is 0.0121. The molecule has 0 aliphatic carbocycles. The van der Waals surface area contributed by atoms with Crippen molar-refractivity contribution in [2.45, 2.75) is 56.0 Å². The molecule has 8 nitrogen and oxygen atoms in total. The topological polar surface area (TPSA) is 107 Å². The van der Waals surface area contributed by atoms with E-state index in [2.05, 4.69) is 39.9 Å². The van der Waals surface area contributed by atoms with Crippen LogP contribution in [0.4, 0.5) is 0 Å². The van der Waals surface area contributed by atoms with E-state index in [1.54, 1.807) is 11.6 Å². The Balaban J connectivity index is 1.62. The standard InChI is InChI=1S/C18H25N5O3S2/c1-3-4-5-14-6-8-16(9-7-14)23-18(20-21-22-23)27-13(2)17(24)19-15-10-11-28(25,26)12-15/h6-9,13,15H,3-5,10-12H2,1-2H3,(H,19,24)/t13-,15-/m1/s1. The Labute approximate surface area is 169 Å². The zero-order valence-electron chi connectivity index (χ0n) is 16.0. The first-order valence-corrected chi connectivity index (χ1v) is 12.1. The summed E-state index contributed by atoms with van der Waals surface area (Å²) >= 11 is 1.25. The van der Waals surface area contributed by atoms with Gasteiger partial charge in [-0.3, -0.25) is 4.79 Å². The van der Waals surface area contributed by atoms with Crippen LogP contribution in [-0.4, -0.2) is 57.3 Å². The van der Waals surface area contributed by atoms with E-state index in [1.165, 1.54) is 17.3 Å². The predicted molar refractivity (Wildman–Crippen MR) is 108 cm³/mol.